The van der Waals surface area contributed by atoms with E-state index in [-0.39, 0.29) is 18.9 Å². The number of aliphatic hydroxyl groups is 8. The molecule has 14 heteroatoms. The molecule has 2 rings (SSSR count). The van der Waals surface area contributed by atoms with Crippen LogP contribution in [0.5, 0.6) is 0 Å². The van der Waals surface area contributed by atoms with Crippen LogP contribution >= 0.6 is 0 Å². The fraction of sp³-hybridized carbons (Fsp3) is 0.875. The summed E-state index contributed by atoms with van der Waals surface area (Å²) in [4.78, 5) is 13.2. The molecule has 0 aromatic heterocycles. The fourth-order valence-corrected chi connectivity index (χ4v) is 9.19. The van der Waals surface area contributed by atoms with Gasteiger partial charge in [0.25, 0.3) is 0 Å². The summed E-state index contributed by atoms with van der Waals surface area (Å²) in [7, 11) is 0. The normalized spacial score (nSPS) is 26.2. The Morgan fingerprint density at radius 1 is 0.514 bits per heavy atom. The van der Waals surface area contributed by atoms with Gasteiger partial charge in [-0.2, -0.15) is 0 Å². The predicted molar refractivity (Wildman–Crippen MR) is 277 cm³/mol. The van der Waals surface area contributed by atoms with Gasteiger partial charge in [0.05, 0.1) is 32.0 Å². The van der Waals surface area contributed by atoms with Gasteiger partial charge in [-0.05, 0) is 44.9 Å². The Morgan fingerprint density at radius 2 is 0.957 bits per heavy atom. The predicted octanol–water partition coefficient (Wildman–Crippen LogP) is 8.66. The van der Waals surface area contributed by atoms with Crippen molar-refractivity contribution >= 4 is 5.91 Å². The number of rotatable bonds is 44. The van der Waals surface area contributed by atoms with Gasteiger partial charge >= 0.3 is 0 Å². The van der Waals surface area contributed by atoms with Crippen molar-refractivity contribution in [2.24, 2.45) is 0 Å². The van der Waals surface area contributed by atoms with E-state index in [2.05, 4.69) is 43.5 Å². The zero-order valence-corrected chi connectivity index (χ0v) is 43.8. The molecular formula is C56H103NO13. The first-order valence-corrected chi connectivity index (χ1v) is 28.2. The minimum Gasteiger partial charge on any atom is -0.394 e. The molecule has 12 unspecified atom stereocenters. The van der Waals surface area contributed by atoms with Crippen LogP contribution in [0.1, 0.15) is 219 Å². The van der Waals surface area contributed by atoms with E-state index in [0.717, 1.165) is 64.2 Å². The smallest absolute Gasteiger partial charge is 0.220 e. The average Bonchev–Trinajstić information content (AvgIpc) is 3.36. The van der Waals surface area contributed by atoms with Crippen molar-refractivity contribution in [3.63, 3.8) is 0 Å². The molecule has 410 valence electrons. The quantitative estimate of drug-likeness (QED) is 0.0206. The molecular weight excluding hydrogens is 895 g/mol. The van der Waals surface area contributed by atoms with E-state index in [1.54, 1.807) is 6.08 Å². The summed E-state index contributed by atoms with van der Waals surface area (Å²) in [6.45, 7) is 2.75. The number of allylic oxidation sites excluding steroid dienone is 5. The number of unbranched alkanes of at least 4 members (excludes halogenated alkanes) is 27. The van der Waals surface area contributed by atoms with Gasteiger partial charge in [0.15, 0.2) is 12.6 Å². The lowest BCUT2D eigenvalue weighted by atomic mass is 9.97. The summed E-state index contributed by atoms with van der Waals surface area (Å²) in [5, 5.41) is 86.9. The van der Waals surface area contributed by atoms with Crippen LogP contribution in [-0.2, 0) is 23.7 Å². The second-order valence-electron chi connectivity index (χ2n) is 20.1. The minimum atomic E-state index is -1.79. The fourth-order valence-electron chi connectivity index (χ4n) is 9.19. The maximum Gasteiger partial charge on any atom is 0.220 e. The molecule has 0 aliphatic carbocycles. The Morgan fingerprint density at radius 3 is 1.47 bits per heavy atom. The molecule has 12 atom stereocenters. The Balaban J connectivity index is 1.79. The lowest BCUT2D eigenvalue weighted by Crippen LogP contribution is -2.65. The molecule has 2 saturated heterocycles. The van der Waals surface area contributed by atoms with Crippen LogP contribution < -0.4 is 5.32 Å². The molecule has 9 N–H and O–H groups in total. The molecule has 0 spiro atoms. The maximum atomic E-state index is 13.2. The first kappa shape index (κ1) is 64.3. The second-order valence-corrected chi connectivity index (χ2v) is 20.1. The third-order valence-corrected chi connectivity index (χ3v) is 13.8. The van der Waals surface area contributed by atoms with Crippen LogP contribution in [0.4, 0.5) is 0 Å². The summed E-state index contributed by atoms with van der Waals surface area (Å²) >= 11 is 0. The minimum absolute atomic E-state index is 0.253. The van der Waals surface area contributed by atoms with E-state index in [1.807, 2.05) is 6.08 Å². The van der Waals surface area contributed by atoms with E-state index >= 15 is 0 Å². The van der Waals surface area contributed by atoms with Crippen LogP contribution in [0, 0.1) is 0 Å². The van der Waals surface area contributed by atoms with E-state index in [4.69, 9.17) is 18.9 Å². The first-order valence-electron chi connectivity index (χ1n) is 28.2. The Kier molecular flexibility index (Phi) is 39.1. The van der Waals surface area contributed by atoms with Crippen molar-refractivity contribution < 1.29 is 64.6 Å². The first-order chi connectivity index (χ1) is 34.1. The molecule has 2 fully saturated rings. The number of hydrogen-bond acceptors (Lipinski definition) is 13. The lowest BCUT2D eigenvalue weighted by Gasteiger charge is -2.46. The number of carbonyl (C=O) groups is 1. The van der Waals surface area contributed by atoms with E-state index in [0.29, 0.717) is 6.42 Å². The highest BCUT2D eigenvalue weighted by Gasteiger charge is 2.51. The van der Waals surface area contributed by atoms with Crippen molar-refractivity contribution in [2.75, 3.05) is 19.8 Å². The van der Waals surface area contributed by atoms with Crippen molar-refractivity contribution in [2.45, 2.75) is 293 Å². The van der Waals surface area contributed by atoms with Crippen molar-refractivity contribution in [3.8, 4) is 0 Å². The molecule has 2 aliphatic heterocycles. The standard InChI is InChI=1S/C56H103NO13/c1-3-5-7-9-11-13-15-17-19-20-21-22-23-24-25-26-27-29-31-33-35-37-39-45(60)44(57-48(61)40-38-36-34-32-30-28-18-16-14-12-10-8-6-4-2)43-67-55-53(66)51(64)54(47(42-59)69-55)70-56-52(65)50(63)49(62)46(41-58)68-56/h10,12,16,18,37,39,44-47,49-56,58-60,62-66H,3-9,11,13-15,17,19-36,38,40-43H2,1-2H3,(H,57,61)/b12-10-,18-16-,39-37+. The summed E-state index contributed by atoms with van der Waals surface area (Å²) in [6.07, 6.45) is 33.2. The highest BCUT2D eigenvalue weighted by Crippen LogP contribution is 2.30. The van der Waals surface area contributed by atoms with Gasteiger partial charge in [-0.1, -0.05) is 204 Å². The second kappa shape index (κ2) is 42.6. The topological polar surface area (TPSA) is 228 Å². The molecule has 0 bridgehead atoms. The van der Waals surface area contributed by atoms with Gasteiger partial charge in [0.1, 0.15) is 48.8 Å². The van der Waals surface area contributed by atoms with Gasteiger partial charge in [-0.25, -0.2) is 0 Å². The summed E-state index contributed by atoms with van der Waals surface area (Å²) in [5.41, 5.74) is 0. The van der Waals surface area contributed by atoms with Crippen molar-refractivity contribution in [1.82, 2.24) is 5.32 Å². The van der Waals surface area contributed by atoms with Crippen LogP contribution in [0.3, 0.4) is 0 Å². The Hall–Kier alpha value is -1.79. The largest absolute Gasteiger partial charge is 0.394 e. The molecule has 1 amide bonds. The maximum absolute atomic E-state index is 13.2. The van der Waals surface area contributed by atoms with E-state index in [9.17, 15) is 45.6 Å². The molecule has 0 aromatic rings. The van der Waals surface area contributed by atoms with Gasteiger partial charge < -0.3 is 65.1 Å². The summed E-state index contributed by atoms with van der Waals surface area (Å²) < 4.78 is 22.7. The van der Waals surface area contributed by atoms with Crippen LogP contribution in [0.15, 0.2) is 36.5 Å². The number of amides is 1. The summed E-state index contributed by atoms with van der Waals surface area (Å²) in [5.74, 6) is -0.253. The molecule has 14 nitrogen and oxygen atoms in total. The van der Waals surface area contributed by atoms with Crippen LogP contribution in [0.2, 0.25) is 0 Å². The highest BCUT2D eigenvalue weighted by atomic mass is 16.7. The van der Waals surface area contributed by atoms with Gasteiger partial charge in [-0.15, -0.1) is 0 Å². The number of aliphatic hydroxyl groups excluding tert-OH is 8. The van der Waals surface area contributed by atoms with Crippen molar-refractivity contribution in [3.05, 3.63) is 36.5 Å². The molecule has 0 radical (unpaired) electrons. The number of hydrogen-bond donors (Lipinski definition) is 9. The van der Waals surface area contributed by atoms with E-state index in [1.165, 1.54) is 128 Å². The highest BCUT2D eigenvalue weighted by molar-refractivity contribution is 5.76. The third-order valence-electron chi connectivity index (χ3n) is 13.8. The zero-order chi connectivity index (χ0) is 51.0. The molecule has 70 heavy (non-hydrogen) atoms. The van der Waals surface area contributed by atoms with Gasteiger partial charge in [0.2, 0.25) is 5.91 Å². The molecule has 2 aliphatic rings. The molecule has 2 heterocycles. The zero-order valence-electron chi connectivity index (χ0n) is 43.8. The molecule has 0 saturated carbocycles. The Labute approximate surface area is 423 Å². The summed E-state index contributed by atoms with van der Waals surface area (Å²) in [6, 6.07) is -0.921. The van der Waals surface area contributed by atoms with Crippen LogP contribution in [-0.4, -0.2) is 140 Å². The van der Waals surface area contributed by atoms with Gasteiger partial charge in [0, 0.05) is 6.42 Å². The lowest BCUT2D eigenvalue weighted by molar-refractivity contribution is -0.359. The van der Waals surface area contributed by atoms with Gasteiger partial charge in [-0.3, -0.25) is 4.79 Å². The number of carbonyl (C=O) groups excluding carboxylic acids is 1. The van der Waals surface area contributed by atoms with Crippen molar-refractivity contribution in [1.29, 1.82) is 0 Å². The van der Waals surface area contributed by atoms with E-state index < -0.39 is 86.8 Å². The average molecular weight is 998 g/mol. The number of ether oxygens (including phenoxy) is 4. The monoisotopic (exact) mass is 998 g/mol. The SMILES string of the molecule is CCCC/C=C\C/C=C\CCCCCCCC(=O)NC(COC1OC(CO)C(OC2OC(CO)C(O)C(O)C2O)C(O)C1O)C(O)/C=C/CCCCCCCCCCCCCCCCCCCCCC. The molecule has 0 aromatic carbocycles. The number of nitrogens with one attached hydrogen (secondary N) is 1. The third kappa shape index (κ3) is 28.6. The Bertz CT molecular complexity index is 1320. The van der Waals surface area contributed by atoms with Crippen LogP contribution in [0.25, 0.3) is 0 Å².